The van der Waals surface area contributed by atoms with Crippen molar-refractivity contribution in [3.63, 3.8) is 0 Å². The highest BCUT2D eigenvalue weighted by Crippen LogP contribution is 2.40. The molecule has 7 heteroatoms. The molecule has 2 N–H and O–H groups in total. The number of hydrogen-bond donors (Lipinski definition) is 2. The van der Waals surface area contributed by atoms with E-state index in [9.17, 15) is 8.42 Å². The molecule has 2 atom stereocenters. The predicted molar refractivity (Wildman–Crippen MR) is 109 cm³/mol. The van der Waals surface area contributed by atoms with Gasteiger partial charge in [0.15, 0.2) is 0 Å². The van der Waals surface area contributed by atoms with Crippen LogP contribution in [0.25, 0.3) is 0 Å². The van der Waals surface area contributed by atoms with Crippen LogP contribution in [0.1, 0.15) is 23.6 Å². The van der Waals surface area contributed by atoms with Crippen LogP contribution in [0.5, 0.6) is 0 Å². The van der Waals surface area contributed by atoms with Gasteiger partial charge in [-0.3, -0.25) is 0 Å². The van der Waals surface area contributed by atoms with Gasteiger partial charge in [-0.15, -0.1) is 0 Å². The Hall–Kier alpha value is -2.77. The van der Waals surface area contributed by atoms with Gasteiger partial charge >= 0.3 is 0 Å². The Kier molecular flexibility index (Phi) is 5.36. The molecule has 1 fully saturated rings. The molecule has 1 aromatic heterocycles. The molecule has 0 unspecified atom stereocenters. The van der Waals surface area contributed by atoms with E-state index in [4.69, 9.17) is 0 Å². The summed E-state index contributed by atoms with van der Waals surface area (Å²) in [5.74, 6) is 0.654. The molecule has 0 saturated heterocycles. The van der Waals surface area contributed by atoms with E-state index in [2.05, 4.69) is 32.1 Å². The third kappa shape index (κ3) is 4.55. The average molecular weight is 395 g/mol. The van der Waals surface area contributed by atoms with Crippen LogP contribution >= 0.6 is 0 Å². The average Bonchev–Trinajstić information content (AvgIpc) is 3.48. The summed E-state index contributed by atoms with van der Waals surface area (Å²) in [7, 11) is -3.50. The molecule has 6 nitrogen and oxygen atoms in total. The normalized spacial score (nSPS) is 18.6. The molecular formula is C21H22N4O2S. The van der Waals surface area contributed by atoms with Gasteiger partial charge in [-0.1, -0.05) is 48.5 Å². The van der Waals surface area contributed by atoms with Crippen LogP contribution in [-0.2, 0) is 16.4 Å². The van der Waals surface area contributed by atoms with Gasteiger partial charge in [0.25, 0.3) is 0 Å². The van der Waals surface area contributed by atoms with Crippen molar-refractivity contribution >= 4 is 16.0 Å². The summed E-state index contributed by atoms with van der Waals surface area (Å²) in [5.41, 5.74) is 2.11. The topological polar surface area (TPSA) is 84.0 Å². The van der Waals surface area contributed by atoms with Gasteiger partial charge in [0.2, 0.25) is 16.0 Å². The maximum Gasteiger partial charge on any atom is 0.240 e. The largest absolute Gasteiger partial charge is 0.354 e. The lowest BCUT2D eigenvalue weighted by atomic mass is 10.1. The van der Waals surface area contributed by atoms with E-state index < -0.39 is 10.0 Å². The smallest absolute Gasteiger partial charge is 0.240 e. The lowest BCUT2D eigenvalue weighted by molar-refractivity contribution is 0.580. The first-order valence-electron chi connectivity index (χ1n) is 9.30. The van der Waals surface area contributed by atoms with Gasteiger partial charge in [-0.2, -0.15) is 0 Å². The van der Waals surface area contributed by atoms with Crippen LogP contribution in [0.4, 0.5) is 5.95 Å². The molecule has 0 spiro atoms. The summed E-state index contributed by atoms with van der Waals surface area (Å²) in [4.78, 5) is 9.11. The standard InChI is InChI=1S/C21H22N4O2S/c26-28(27,17-9-5-2-6-10-17)25-20-15-18(20)19-12-14-23-21(24-19)22-13-11-16-7-3-1-4-8-16/h1-10,12,14,18,20,25H,11,13,15H2,(H,22,23,24)/t18-,20+/m0/s1. The van der Waals surface area contributed by atoms with Gasteiger partial charge in [-0.05, 0) is 36.6 Å². The molecule has 1 aliphatic rings. The number of hydrogen-bond acceptors (Lipinski definition) is 5. The Labute approximate surface area is 165 Å². The van der Waals surface area contributed by atoms with Crippen LogP contribution in [0.15, 0.2) is 77.8 Å². The minimum atomic E-state index is -3.50. The molecule has 28 heavy (non-hydrogen) atoms. The second-order valence-electron chi connectivity index (χ2n) is 6.85. The maximum absolute atomic E-state index is 12.4. The van der Waals surface area contributed by atoms with Crippen LogP contribution in [0.3, 0.4) is 0 Å². The van der Waals surface area contributed by atoms with Gasteiger partial charge in [0, 0.05) is 24.7 Å². The predicted octanol–water partition coefficient (Wildman–Crippen LogP) is 2.97. The summed E-state index contributed by atoms with van der Waals surface area (Å²) >= 11 is 0. The molecule has 0 amide bonds. The van der Waals surface area contributed by atoms with E-state index in [1.54, 1.807) is 36.5 Å². The zero-order valence-corrected chi connectivity index (χ0v) is 16.1. The number of benzene rings is 2. The number of nitrogens with zero attached hydrogens (tertiary/aromatic N) is 2. The third-order valence-electron chi connectivity index (χ3n) is 4.75. The molecule has 1 aliphatic carbocycles. The minimum Gasteiger partial charge on any atom is -0.354 e. The molecule has 2 aromatic carbocycles. The van der Waals surface area contributed by atoms with E-state index in [0.29, 0.717) is 5.95 Å². The Balaban J connectivity index is 1.34. The Bertz CT molecular complexity index is 1030. The van der Waals surface area contributed by atoms with Gasteiger partial charge in [0.05, 0.1) is 10.6 Å². The van der Waals surface area contributed by atoms with Crippen molar-refractivity contribution < 1.29 is 8.42 Å². The van der Waals surface area contributed by atoms with Gasteiger partial charge < -0.3 is 5.32 Å². The lowest BCUT2D eigenvalue weighted by Crippen LogP contribution is -2.26. The summed E-state index contributed by atoms with van der Waals surface area (Å²) in [6.07, 6.45) is 3.35. The number of rotatable bonds is 8. The number of sulfonamides is 1. The van der Waals surface area contributed by atoms with Crippen molar-refractivity contribution in [2.75, 3.05) is 11.9 Å². The molecule has 0 bridgehead atoms. The minimum absolute atomic E-state index is 0.0798. The van der Waals surface area contributed by atoms with E-state index >= 15 is 0 Å². The molecule has 4 rings (SSSR count). The van der Waals surface area contributed by atoms with Crippen molar-refractivity contribution in [2.45, 2.75) is 29.7 Å². The van der Waals surface area contributed by atoms with Gasteiger partial charge in [-0.25, -0.2) is 23.1 Å². The van der Waals surface area contributed by atoms with E-state index in [1.807, 2.05) is 24.3 Å². The SMILES string of the molecule is O=S(=O)(N[C@@H]1C[C@H]1c1ccnc(NCCc2ccccc2)n1)c1ccccc1. The Morgan fingerprint density at radius 1 is 0.964 bits per heavy atom. The fourth-order valence-electron chi connectivity index (χ4n) is 3.15. The maximum atomic E-state index is 12.4. The number of aromatic nitrogens is 2. The third-order valence-corrected chi connectivity index (χ3v) is 6.25. The molecule has 1 saturated carbocycles. The van der Waals surface area contributed by atoms with Crippen molar-refractivity contribution in [1.29, 1.82) is 0 Å². The molecule has 0 radical (unpaired) electrons. The molecule has 0 aliphatic heterocycles. The zero-order chi connectivity index (χ0) is 19.4. The Morgan fingerprint density at radius 3 is 2.43 bits per heavy atom. The fourth-order valence-corrected chi connectivity index (χ4v) is 4.46. The van der Waals surface area contributed by atoms with Crippen LogP contribution in [0, 0.1) is 0 Å². The first-order chi connectivity index (χ1) is 13.6. The monoisotopic (exact) mass is 394 g/mol. The first kappa shape index (κ1) is 18.6. The molecular weight excluding hydrogens is 372 g/mol. The van der Waals surface area contributed by atoms with Crippen LogP contribution < -0.4 is 10.0 Å². The Morgan fingerprint density at radius 2 is 1.68 bits per heavy atom. The quantitative estimate of drug-likeness (QED) is 0.614. The highest BCUT2D eigenvalue weighted by molar-refractivity contribution is 7.89. The summed E-state index contributed by atoms with van der Waals surface area (Å²) in [6, 6.07) is 20.4. The summed E-state index contributed by atoms with van der Waals surface area (Å²) < 4.78 is 27.7. The van der Waals surface area contributed by atoms with Crippen molar-refractivity contribution in [2.24, 2.45) is 0 Å². The highest BCUT2D eigenvalue weighted by Gasteiger charge is 2.42. The fraction of sp³-hybridized carbons (Fsp3) is 0.238. The van der Waals surface area contributed by atoms with Crippen molar-refractivity contribution in [3.8, 4) is 0 Å². The summed E-state index contributed by atoms with van der Waals surface area (Å²) in [5, 5.41) is 3.24. The summed E-state index contributed by atoms with van der Waals surface area (Å²) in [6.45, 7) is 0.738. The highest BCUT2D eigenvalue weighted by atomic mass is 32.2. The van der Waals surface area contributed by atoms with Crippen molar-refractivity contribution in [1.82, 2.24) is 14.7 Å². The van der Waals surface area contributed by atoms with E-state index in [-0.39, 0.29) is 16.9 Å². The first-order valence-corrected chi connectivity index (χ1v) is 10.8. The number of nitrogens with one attached hydrogen (secondary N) is 2. The van der Waals surface area contributed by atoms with E-state index in [0.717, 1.165) is 25.1 Å². The van der Waals surface area contributed by atoms with Crippen molar-refractivity contribution in [3.05, 3.63) is 84.2 Å². The second-order valence-corrected chi connectivity index (χ2v) is 8.56. The zero-order valence-electron chi connectivity index (χ0n) is 15.3. The molecule has 1 heterocycles. The lowest BCUT2D eigenvalue weighted by Gasteiger charge is -2.08. The molecule has 144 valence electrons. The number of anilines is 1. The second kappa shape index (κ2) is 8.08. The van der Waals surface area contributed by atoms with Gasteiger partial charge in [0.1, 0.15) is 0 Å². The van der Waals surface area contributed by atoms with Crippen LogP contribution in [0.2, 0.25) is 0 Å². The van der Waals surface area contributed by atoms with E-state index in [1.165, 1.54) is 5.56 Å². The molecule has 3 aromatic rings. The van der Waals surface area contributed by atoms with Crippen LogP contribution in [-0.4, -0.2) is 31.0 Å².